The average molecular weight is 323 g/mol. The van der Waals surface area contributed by atoms with Gasteiger partial charge in [-0.25, -0.2) is 0 Å². The van der Waals surface area contributed by atoms with E-state index in [1.165, 1.54) is 50.3 Å². The second-order valence-electron chi connectivity index (χ2n) is 6.40. The lowest BCUT2D eigenvalue weighted by Crippen LogP contribution is -2.30. The third kappa shape index (κ3) is 4.17. The van der Waals surface area contributed by atoms with E-state index in [1.807, 2.05) is 13.8 Å². The van der Waals surface area contributed by atoms with E-state index in [0.717, 1.165) is 6.42 Å². The first-order valence-corrected chi connectivity index (χ1v) is 9.36. The molecule has 0 spiro atoms. The van der Waals surface area contributed by atoms with Gasteiger partial charge in [0.2, 0.25) is 0 Å². The molecule has 2 aromatic carbocycles. The van der Waals surface area contributed by atoms with Crippen LogP contribution in [0.15, 0.2) is 36.4 Å². The molecule has 3 rings (SSSR count). The van der Waals surface area contributed by atoms with Crippen LogP contribution in [0.3, 0.4) is 0 Å². The molecule has 0 unspecified atom stereocenters. The van der Waals surface area contributed by atoms with Gasteiger partial charge in [0.15, 0.2) is 0 Å². The van der Waals surface area contributed by atoms with Crippen LogP contribution in [0.4, 0.5) is 0 Å². The van der Waals surface area contributed by atoms with Gasteiger partial charge in [-0.3, -0.25) is 0 Å². The van der Waals surface area contributed by atoms with Crippen molar-refractivity contribution < 1.29 is 0 Å². The number of fused-ring (bicyclic) bond motifs is 2. The maximum atomic E-state index is 2.27. The van der Waals surface area contributed by atoms with E-state index in [-0.39, 0.29) is 0 Å². The smallest absolute Gasteiger partial charge is 0.00544 e. The van der Waals surface area contributed by atoms with E-state index in [0.29, 0.717) is 0 Å². The summed E-state index contributed by atoms with van der Waals surface area (Å²) in [6.07, 6.45) is 2.31. The van der Waals surface area contributed by atoms with Crippen LogP contribution in [-0.2, 0) is 6.42 Å². The van der Waals surface area contributed by atoms with Gasteiger partial charge in [-0.05, 0) is 72.4 Å². The summed E-state index contributed by atoms with van der Waals surface area (Å²) in [5, 5.41) is 2.86. The first-order valence-electron chi connectivity index (χ1n) is 9.36. The highest BCUT2D eigenvalue weighted by atomic mass is 14.2. The Morgan fingerprint density at radius 3 is 1.96 bits per heavy atom. The monoisotopic (exact) mass is 322 g/mol. The molecule has 0 N–H and O–H groups in total. The molecule has 0 aromatic heterocycles. The maximum Gasteiger partial charge on any atom is -0.00544 e. The van der Waals surface area contributed by atoms with Crippen molar-refractivity contribution in [2.45, 2.75) is 68.2 Å². The lowest BCUT2D eigenvalue weighted by atomic mass is 9.93. The molecule has 1 aliphatic carbocycles. The SMILES string of the molecule is CC.CC1=c2cccc(C)c2=C(C)Cc2cccc(C)c21.CCC. The summed E-state index contributed by atoms with van der Waals surface area (Å²) in [6.45, 7) is 17.2. The van der Waals surface area contributed by atoms with E-state index in [2.05, 4.69) is 77.9 Å². The quantitative estimate of drug-likeness (QED) is 0.584. The Kier molecular flexibility index (Phi) is 7.98. The third-order valence-electron chi connectivity index (χ3n) is 4.29. The van der Waals surface area contributed by atoms with Crippen LogP contribution in [0.25, 0.3) is 11.1 Å². The van der Waals surface area contributed by atoms with Crippen molar-refractivity contribution >= 4 is 11.1 Å². The predicted octanol–water partition coefficient (Wildman–Crippen LogP) is 5.69. The number of rotatable bonds is 0. The Hall–Kier alpha value is -1.82. The van der Waals surface area contributed by atoms with Gasteiger partial charge in [0, 0.05) is 0 Å². The normalized spacial score (nSPS) is 12.0. The Bertz CT molecular complexity index is 791. The van der Waals surface area contributed by atoms with Crippen LogP contribution < -0.4 is 10.4 Å². The van der Waals surface area contributed by atoms with Gasteiger partial charge in [-0.2, -0.15) is 0 Å². The van der Waals surface area contributed by atoms with E-state index < -0.39 is 0 Å². The van der Waals surface area contributed by atoms with Gasteiger partial charge in [-0.1, -0.05) is 76.1 Å². The zero-order valence-corrected chi connectivity index (χ0v) is 16.9. The number of benzene rings is 2. The fourth-order valence-electron chi connectivity index (χ4n) is 3.47. The first-order chi connectivity index (χ1) is 11.5. The van der Waals surface area contributed by atoms with Crippen LogP contribution in [0, 0.1) is 13.8 Å². The number of hydrogen-bond donors (Lipinski definition) is 0. The Morgan fingerprint density at radius 2 is 1.33 bits per heavy atom. The fraction of sp³-hybridized carbons (Fsp3) is 0.417. The van der Waals surface area contributed by atoms with Crippen LogP contribution in [0.2, 0.25) is 0 Å². The molecule has 0 amide bonds. The minimum atomic E-state index is 1.06. The van der Waals surface area contributed by atoms with Gasteiger partial charge in [0.1, 0.15) is 0 Å². The third-order valence-corrected chi connectivity index (χ3v) is 4.29. The molecule has 0 saturated carbocycles. The average Bonchev–Trinajstić information content (AvgIpc) is 2.67. The maximum absolute atomic E-state index is 2.27. The van der Waals surface area contributed by atoms with Gasteiger partial charge < -0.3 is 0 Å². The molecule has 0 atom stereocenters. The molecule has 0 radical (unpaired) electrons. The number of hydrogen-bond acceptors (Lipinski definition) is 0. The molecule has 0 saturated heterocycles. The van der Waals surface area contributed by atoms with E-state index in [9.17, 15) is 0 Å². The minimum absolute atomic E-state index is 1.06. The Balaban J connectivity index is 0.000000521. The molecule has 0 bridgehead atoms. The van der Waals surface area contributed by atoms with Crippen LogP contribution in [0.1, 0.15) is 70.2 Å². The molecule has 0 heterocycles. The van der Waals surface area contributed by atoms with Crippen LogP contribution in [0.5, 0.6) is 0 Å². The minimum Gasteiger partial charge on any atom is -0.0683 e. The molecule has 130 valence electrons. The van der Waals surface area contributed by atoms with Crippen LogP contribution in [-0.4, -0.2) is 0 Å². The molecule has 1 aliphatic rings. The molecule has 2 aromatic rings. The zero-order valence-electron chi connectivity index (χ0n) is 16.9. The zero-order chi connectivity index (χ0) is 18.3. The molecule has 0 fully saturated rings. The van der Waals surface area contributed by atoms with Crippen molar-refractivity contribution in [3.8, 4) is 0 Å². The summed E-state index contributed by atoms with van der Waals surface area (Å²) in [7, 11) is 0. The van der Waals surface area contributed by atoms with Crippen molar-refractivity contribution in [3.05, 3.63) is 69.1 Å². The van der Waals surface area contributed by atoms with E-state index in [4.69, 9.17) is 0 Å². The Morgan fingerprint density at radius 1 is 0.792 bits per heavy atom. The number of aryl methyl sites for hydroxylation is 2. The summed E-state index contributed by atoms with van der Waals surface area (Å²) >= 11 is 0. The van der Waals surface area contributed by atoms with E-state index in [1.54, 1.807) is 0 Å². The van der Waals surface area contributed by atoms with Gasteiger partial charge in [0.05, 0.1) is 0 Å². The largest absolute Gasteiger partial charge is 0.0683 e. The van der Waals surface area contributed by atoms with Gasteiger partial charge in [0.25, 0.3) is 0 Å². The second-order valence-corrected chi connectivity index (χ2v) is 6.40. The lowest BCUT2D eigenvalue weighted by molar-refractivity contribution is 1.09. The van der Waals surface area contributed by atoms with Crippen molar-refractivity contribution in [3.63, 3.8) is 0 Å². The summed E-state index contributed by atoms with van der Waals surface area (Å²) in [5.74, 6) is 0. The van der Waals surface area contributed by atoms with Gasteiger partial charge >= 0.3 is 0 Å². The van der Waals surface area contributed by atoms with E-state index >= 15 is 0 Å². The van der Waals surface area contributed by atoms with Crippen molar-refractivity contribution in [1.29, 1.82) is 0 Å². The first kappa shape index (κ1) is 20.2. The molecular weight excluding hydrogens is 288 g/mol. The molecule has 0 aliphatic heterocycles. The molecule has 0 nitrogen and oxygen atoms in total. The summed E-state index contributed by atoms with van der Waals surface area (Å²) in [4.78, 5) is 0. The second kappa shape index (κ2) is 9.47. The standard InChI is InChI=1S/C19H20.C3H8.C2H6/c1-12-8-6-10-17-15(4)19-13(2)7-5-9-16(19)11-14(3)18(12)17;1-3-2;1-2/h5-10H,11H2,1-4H3;3H2,1-2H3;1-2H3. The van der Waals surface area contributed by atoms with Crippen molar-refractivity contribution in [1.82, 2.24) is 0 Å². The predicted molar refractivity (Wildman–Crippen MR) is 110 cm³/mol. The van der Waals surface area contributed by atoms with Gasteiger partial charge in [-0.15, -0.1) is 0 Å². The molecular formula is C24H34. The lowest BCUT2D eigenvalue weighted by Gasteiger charge is -2.11. The summed E-state index contributed by atoms with van der Waals surface area (Å²) in [5.41, 5.74) is 8.59. The summed E-state index contributed by atoms with van der Waals surface area (Å²) in [6, 6.07) is 13.3. The topological polar surface area (TPSA) is 0 Å². The Labute approximate surface area is 148 Å². The van der Waals surface area contributed by atoms with Crippen molar-refractivity contribution in [2.24, 2.45) is 0 Å². The van der Waals surface area contributed by atoms with Crippen LogP contribution >= 0.6 is 0 Å². The van der Waals surface area contributed by atoms with Crippen molar-refractivity contribution in [2.75, 3.05) is 0 Å². The highest BCUT2D eigenvalue weighted by Gasteiger charge is 2.13. The molecule has 24 heavy (non-hydrogen) atoms. The fourth-order valence-corrected chi connectivity index (χ4v) is 3.47. The highest BCUT2D eigenvalue weighted by molar-refractivity contribution is 5.73. The summed E-state index contributed by atoms with van der Waals surface area (Å²) < 4.78 is 0. The highest BCUT2D eigenvalue weighted by Crippen LogP contribution is 2.24. The molecule has 0 heteroatoms.